The van der Waals surface area contributed by atoms with Crippen LogP contribution in [-0.2, 0) is 19.2 Å². The summed E-state index contributed by atoms with van der Waals surface area (Å²) in [5.41, 5.74) is 22.1. The third-order valence-electron chi connectivity index (χ3n) is 5.50. The number of guanidine groups is 1. The second kappa shape index (κ2) is 15.0. The van der Waals surface area contributed by atoms with E-state index in [4.69, 9.17) is 28.0 Å². The Kier molecular flexibility index (Phi) is 12.8. The Labute approximate surface area is 198 Å². The number of nitrogens with two attached hydrogens (primary N) is 4. The number of aliphatic imine (C=N–C) groups is 1. The molecule has 194 valence electrons. The molecule has 0 spiro atoms. The summed E-state index contributed by atoms with van der Waals surface area (Å²) in [4.78, 5) is 54.8. The number of carboxylic acid groups (broad SMARTS) is 1. The highest BCUT2D eigenvalue weighted by atomic mass is 16.4. The van der Waals surface area contributed by atoms with Gasteiger partial charge in [0.15, 0.2) is 5.96 Å². The van der Waals surface area contributed by atoms with Crippen molar-refractivity contribution in [2.75, 3.05) is 26.2 Å². The Morgan fingerprint density at radius 1 is 1.06 bits per heavy atom. The zero-order valence-corrected chi connectivity index (χ0v) is 19.3. The summed E-state index contributed by atoms with van der Waals surface area (Å²) in [6.45, 7) is 0.283. The van der Waals surface area contributed by atoms with Crippen molar-refractivity contribution in [1.82, 2.24) is 15.5 Å². The first kappa shape index (κ1) is 29.1. The third kappa shape index (κ3) is 9.49. The minimum atomic E-state index is -1.50. The van der Waals surface area contributed by atoms with Crippen molar-refractivity contribution in [2.45, 2.75) is 69.1 Å². The van der Waals surface area contributed by atoms with Crippen LogP contribution in [0.25, 0.3) is 0 Å². The third-order valence-corrected chi connectivity index (χ3v) is 5.50. The van der Waals surface area contributed by atoms with Crippen molar-refractivity contribution in [2.24, 2.45) is 27.9 Å². The van der Waals surface area contributed by atoms with E-state index in [2.05, 4.69) is 15.6 Å². The van der Waals surface area contributed by atoms with Crippen LogP contribution in [0.1, 0.15) is 44.9 Å². The molecule has 14 nitrogen and oxygen atoms in total. The molecule has 1 aliphatic rings. The molecule has 1 heterocycles. The Balaban J connectivity index is 2.80. The van der Waals surface area contributed by atoms with Crippen LogP contribution in [0.3, 0.4) is 0 Å². The summed E-state index contributed by atoms with van der Waals surface area (Å²) < 4.78 is 0. The predicted octanol–water partition coefficient (Wildman–Crippen LogP) is -3.47. The smallest absolute Gasteiger partial charge is 0.328 e. The molecule has 0 aromatic heterocycles. The lowest BCUT2D eigenvalue weighted by Gasteiger charge is -2.28. The summed E-state index contributed by atoms with van der Waals surface area (Å²) in [6, 6.07) is -4.16. The molecule has 0 aliphatic carbocycles. The molecule has 12 N–H and O–H groups in total. The van der Waals surface area contributed by atoms with Crippen molar-refractivity contribution < 1.29 is 29.4 Å². The van der Waals surface area contributed by atoms with Gasteiger partial charge >= 0.3 is 5.97 Å². The van der Waals surface area contributed by atoms with Crippen LogP contribution in [-0.4, -0.2) is 95.2 Å². The van der Waals surface area contributed by atoms with E-state index in [1.54, 1.807) is 0 Å². The molecule has 0 aromatic rings. The van der Waals surface area contributed by atoms with Gasteiger partial charge in [0.1, 0.15) is 18.1 Å². The molecule has 1 fully saturated rings. The fourth-order valence-corrected chi connectivity index (χ4v) is 3.65. The van der Waals surface area contributed by atoms with Crippen LogP contribution in [0, 0.1) is 0 Å². The van der Waals surface area contributed by atoms with Crippen LogP contribution in [0.5, 0.6) is 0 Å². The van der Waals surface area contributed by atoms with E-state index < -0.39 is 48.6 Å². The van der Waals surface area contributed by atoms with Gasteiger partial charge in [-0.15, -0.1) is 0 Å². The molecule has 1 aliphatic heterocycles. The van der Waals surface area contributed by atoms with E-state index in [1.165, 1.54) is 4.90 Å². The Morgan fingerprint density at radius 2 is 1.76 bits per heavy atom. The van der Waals surface area contributed by atoms with E-state index in [0.29, 0.717) is 58.2 Å². The van der Waals surface area contributed by atoms with E-state index in [1.807, 2.05) is 0 Å². The second-order valence-electron chi connectivity index (χ2n) is 8.17. The molecule has 0 radical (unpaired) electrons. The molecule has 34 heavy (non-hydrogen) atoms. The van der Waals surface area contributed by atoms with Gasteiger partial charge in [-0.1, -0.05) is 0 Å². The Morgan fingerprint density at radius 3 is 2.35 bits per heavy atom. The summed E-state index contributed by atoms with van der Waals surface area (Å²) >= 11 is 0. The molecule has 3 amide bonds. The maximum Gasteiger partial charge on any atom is 0.328 e. The number of hydrogen-bond acceptors (Lipinski definition) is 8. The van der Waals surface area contributed by atoms with E-state index in [-0.39, 0.29) is 18.3 Å². The van der Waals surface area contributed by atoms with Crippen LogP contribution in [0.15, 0.2) is 4.99 Å². The van der Waals surface area contributed by atoms with Crippen molar-refractivity contribution in [3.8, 4) is 0 Å². The topological polar surface area (TPSA) is 252 Å². The van der Waals surface area contributed by atoms with Gasteiger partial charge in [0, 0.05) is 13.1 Å². The summed E-state index contributed by atoms with van der Waals surface area (Å²) in [5.74, 6) is -3.08. The zero-order chi connectivity index (χ0) is 25.7. The first-order valence-corrected chi connectivity index (χ1v) is 11.4. The van der Waals surface area contributed by atoms with Gasteiger partial charge in [0.2, 0.25) is 17.7 Å². The first-order chi connectivity index (χ1) is 16.1. The number of carboxylic acids is 1. The lowest BCUT2D eigenvalue weighted by molar-refractivity contribution is -0.144. The van der Waals surface area contributed by atoms with Gasteiger partial charge in [-0.3, -0.25) is 19.4 Å². The molecule has 0 aromatic carbocycles. The quantitative estimate of drug-likeness (QED) is 0.0644. The first-order valence-electron chi connectivity index (χ1n) is 11.4. The summed E-state index contributed by atoms with van der Waals surface area (Å²) in [7, 11) is 0. The Bertz CT molecular complexity index is 730. The zero-order valence-electron chi connectivity index (χ0n) is 19.3. The molecular weight excluding hydrogens is 448 g/mol. The number of carbonyl (C=O) groups is 4. The fourth-order valence-electron chi connectivity index (χ4n) is 3.65. The SMILES string of the molecule is NCCCCC(NC(=O)C1CCCN1C(=O)C(N)CCCN=C(N)N)C(=O)NC(CO)C(=O)O. The van der Waals surface area contributed by atoms with Gasteiger partial charge in [-0.25, -0.2) is 4.79 Å². The fraction of sp³-hybridized carbons (Fsp3) is 0.750. The summed E-state index contributed by atoms with van der Waals surface area (Å²) in [5, 5.41) is 23.1. The number of aliphatic carboxylic acids is 1. The van der Waals surface area contributed by atoms with E-state index in [9.17, 15) is 24.3 Å². The number of aliphatic hydroxyl groups is 1. The maximum atomic E-state index is 13.0. The average molecular weight is 487 g/mol. The number of rotatable bonds is 15. The van der Waals surface area contributed by atoms with Gasteiger partial charge in [-0.05, 0) is 51.5 Å². The normalized spacial score (nSPS) is 18.0. The molecule has 4 unspecified atom stereocenters. The van der Waals surface area contributed by atoms with Crippen molar-refractivity contribution in [1.29, 1.82) is 0 Å². The lowest BCUT2D eigenvalue weighted by atomic mass is 10.1. The molecule has 1 rings (SSSR count). The molecule has 14 heteroatoms. The number of nitrogens with zero attached hydrogens (tertiary/aromatic N) is 2. The number of likely N-dealkylation sites (tertiary alicyclic amines) is 1. The highest BCUT2D eigenvalue weighted by molar-refractivity contribution is 5.94. The number of carbonyl (C=O) groups excluding carboxylic acids is 3. The molecule has 0 bridgehead atoms. The summed E-state index contributed by atoms with van der Waals surface area (Å²) in [6.07, 6.45) is 3.17. The van der Waals surface area contributed by atoms with Gasteiger partial charge in [0.05, 0.1) is 12.6 Å². The number of unbranched alkanes of at least 4 members (excludes halogenated alkanes) is 1. The van der Waals surface area contributed by atoms with Crippen LogP contribution in [0.2, 0.25) is 0 Å². The van der Waals surface area contributed by atoms with Crippen LogP contribution < -0.4 is 33.6 Å². The van der Waals surface area contributed by atoms with Crippen molar-refractivity contribution >= 4 is 29.7 Å². The average Bonchev–Trinajstić information content (AvgIpc) is 3.28. The number of nitrogens with one attached hydrogen (secondary N) is 2. The second-order valence-corrected chi connectivity index (χ2v) is 8.17. The number of amides is 3. The number of aliphatic hydroxyl groups excluding tert-OH is 1. The van der Waals surface area contributed by atoms with Crippen LogP contribution in [0.4, 0.5) is 0 Å². The Hall–Kier alpha value is -2.97. The van der Waals surface area contributed by atoms with Gasteiger partial charge in [-0.2, -0.15) is 0 Å². The lowest BCUT2D eigenvalue weighted by Crippen LogP contribution is -2.57. The molecular formula is C20H38N8O6. The van der Waals surface area contributed by atoms with Crippen molar-refractivity contribution in [3.63, 3.8) is 0 Å². The van der Waals surface area contributed by atoms with Crippen LogP contribution >= 0.6 is 0 Å². The van der Waals surface area contributed by atoms with Crippen molar-refractivity contribution in [3.05, 3.63) is 0 Å². The highest BCUT2D eigenvalue weighted by Crippen LogP contribution is 2.19. The minimum absolute atomic E-state index is 0.0464. The molecule has 1 saturated heterocycles. The highest BCUT2D eigenvalue weighted by Gasteiger charge is 2.37. The van der Waals surface area contributed by atoms with Gasteiger partial charge < -0.3 is 48.7 Å². The number of hydrogen-bond donors (Lipinski definition) is 8. The van der Waals surface area contributed by atoms with E-state index in [0.717, 1.165) is 0 Å². The molecule has 4 atom stereocenters. The van der Waals surface area contributed by atoms with Gasteiger partial charge in [0.25, 0.3) is 0 Å². The predicted molar refractivity (Wildman–Crippen MR) is 124 cm³/mol. The molecule has 0 saturated carbocycles. The standard InChI is InChI=1S/C20H38N8O6/c21-8-2-1-6-13(16(30)27-14(11-29)19(33)34)26-17(31)15-7-4-10-28(15)18(32)12(22)5-3-9-25-20(23)24/h12-15,29H,1-11,21-22H2,(H,26,31)(H,27,30)(H,33,34)(H4,23,24,25). The van der Waals surface area contributed by atoms with E-state index >= 15 is 0 Å². The minimum Gasteiger partial charge on any atom is -0.480 e. The maximum absolute atomic E-state index is 13.0. The monoisotopic (exact) mass is 486 g/mol. The largest absolute Gasteiger partial charge is 0.480 e.